The topological polar surface area (TPSA) is 72.5 Å². The summed E-state index contributed by atoms with van der Waals surface area (Å²) in [4.78, 5) is 10.3. The standard InChI is InChI=1S/C6H11NO3.ClH/c7-4-1-2-10-5(3-4)6(8)9;/h4-5H,1-3,7H2,(H,8,9);1H/t4-,5-;/m1./s1. The number of carbonyl (C=O) groups is 1. The summed E-state index contributed by atoms with van der Waals surface area (Å²) in [7, 11) is 0. The van der Waals surface area contributed by atoms with Crippen LogP contribution in [0.3, 0.4) is 0 Å². The largest absolute Gasteiger partial charge is 0.479 e. The van der Waals surface area contributed by atoms with Gasteiger partial charge in [0.2, 0.25) is 0 Å². The first-order valence-electron chi connectivity index (χ1n) is 3.30. The van der Waals surface area contributed by atoms with Gasteiger partial charge in [0, 0.05) is 12.6 Å². The van der Waals surface area contributed by atoms with Crippen molar-refractivity contribution in [3.8, 4) is 0 Å². The highest BCUT2D eigenvalue weighted by Crippen LogP contribution is 2.11. The minimum atomic E-state index is -0.907. The van der Waals surface area contributed by atoms with Crippen LogP contribution >= 0.6 is 12.4 Å². The zero-order valence-corrected chi connectivity index (χ0v) is 6.84. The maximum Gasteiger partial charge on any atom is 0.332 e. The van der Waals surface area contributed by atoms with Gasteiger partial charge in [0.05, 0.1) is 0 Å². The highest BCUT2D eigenvalue weighted by molar-refractivity contribution is 5.85. The van der Waals surface area contributed by atoms with Crippen LogP contribution in [0.25, 0.3) is 0 Å². The second kappa shape index (κ2) is 4.54. The van der Waals surface area contributed by atoms with Crippen LogP contribution in [0.1, 0.15) is 12.8 Å². The van der Waals surface area contributed by atoms with Gasteiger partial charge in [0.25, 0.3) is 0 Å². The molecule has 0 amide bonds. The Morgan fingerprint density at radius 2 is 2.27 bits per heavy atom. The molecule has 4 nitrogen and oxygen atoms in total. The summed E-state index contributed by atoms with van der Waals surface area (Å²) in [6, 6.07) is -0.00477. The molecule has 0 aromatic carbocycles. The second-order valence-electron chi connectivity index (χ2n) is 2.48. The average molecular weight is 182 g/mol. The maximum atomic E-state index is 10.3. The zero-order valence-electron chi connectivity index (χ0n) is 6.03. The fourth-order valence-electron chi connectivity index (χ4n) is 0.995. The lowest BCUT2D eigenvalue weighted by Crippen LogP contribution is -2.38. The van der Waals surface area contributed by atoms with E-state index in [2.05, 4.69) is 0 Å². The number of hydrogen-bond acceptors (Lipinski definition) is 3. The molecule has 2 atom stereocenters. The molecule has 1 rings (SSSR count). The fourth-order valence-corrected chi connectivity index (χ4v) is 0.995. The molecule has 1 heterocycles. The Morgan fingerprint density at radius 3 is 2.64 bits per heavy atom. The van der Waals surface area contributed by atoms with Gasteiger partial charge in [-0.25, -0.2) is 4.79 Å². The summed E-state index contributed by atoms with van der Waals surface area (Å²) in [5, 5.41) is 8.48. The van der Waals surface area contributed by atoms with E-state index >= 15 is 0 Å². The molecule has 0 aromatic heterocycles. The van der Waals surface area contributed by atoms with Gasteiger partial charge in [-0.2, -0.15) is 0 Å². The summed E-state index contributed by atoms with van der Waals surface area (Å²) in [6.07, 6.45) is 0.530. The molecule has 0 aliphatic carbocycles. The summed E-state index contributed by atoms with van der Waals surface area (Å²) >= 11 is 0. The number of nitrogens with two attached hydrogens (primary N) is 1. The van der Waals surface area contributed by atoms with Crippen molar-refractivity contribution < 1.29 is 14.6 Å². The molecule has 0 saturated carbocycles. The SMILES string of the molecule is Cl.N[C@@H]1CCO[C@@H](C(=O)O)C1. The third-order valence-electron chi connectivity index (χ3n) is 1.60. The van der Waals surface area contributed by atoms with Crippen LogP contribution in [0, 0.1) is 0 Å². The van der Waals surface area contributed by atoms with Crippen molar-refractivity contribution in [1.29, 1.82) is 0 Å². The van der Waals surface area contributed by atoms with Gasteiger partial charge >= 0.3 is 5.97 Å². The van der Waals surface area contributed by atoms with Crippen LogP contribution in [0.2, 0.25) is 0 Å². The molecule has 1 aliphatic rings. The van der Waals surface area contributed by atoms with E-state index in [0.717, 1.165) is 6.42 Å². The minimum absolute atomic E-state index is 0. The number of carboxylic acids is 1. The molecule has 5 heteroatoms. The summed E-state index contributed by atoms with van der Waals surface area (Å²) in [6.45, 7) is 0.470. The number of rotatable bonds is 1. The molecular formula is C6H12ClNO3. The molecule has 3 N–H and O–H groups in total. The number of halogens is 1. The molecule has 1 saturated heterocycles. The monoisotopic (exact) mass is 181 g/mol. The molecule has 0 spiro atoms. The first-order chi connectivity index (χ1) is 4.70. The first-order valence-corrected chi connectivity index (χ1v) is 3.30. The van der Waals surface area contributed by atoms with E-state index in [0.29, 0.717) is 13.0 Å². The Balaban J connectivity index is 0.000001000. The van der Waals surface area contributed by atoms with E-state index in [-0.39, 0.29) is 18.4 Å². The number of ether oxygens (including phenoxy) is 1. The van der Waals surface area contributed by atoms with E-state index in [1.165, 1.54) is 0 Å². The second-order valence-corrected chi connectivity index (χ2v) is 2.48. The molecule has 1 fully saturated rings. The Kier molecular flexibility index (Phi) is 4.40. The highest BCUT2D eigenvalue weighted by Gasteiger charge is 2.25. The smallest absolute Gasteiger partial charge is 0.332 e. The van der Waals surface area contributed by atoms with Crippen molar-refractivity contribution in [1.82, 2.24) is 0 Å². The minimum Gasteiger partial charge on any atom is -0.479 e. The lowest BCUT2D eigenvalue weighted by atomic mass is 10.0. The molecule has 0 unspecified atom stereocenters. The maximum absolute atomic E-state index is 10.3. The van der Waals surface area contributed by atoms with E-state index < -0.39 is 12.1 Å². The molecule has 66 valence electrons. The van der Waals surface area contributed by atoms with Crippen LogP contribution in [0.5, 0.6) is 0 Å². The van der Waals surface area contributed by atoms with Crippen molar-refractivity contribution >= 4 is 18.4 Å². The van der Waals surface area contributed by atoms with Crippen molar-refractivity contribution in [2.75, 3.05) is 6.61 Å². The van der Waals surface area contributed by atoms with Crippen LogP contribution in [-0.2, 0) is 9.53 Å². The lowest BCUT2D eigenvalue weighted by molar-refractivity contribution is -0.153. The average Bonchev–Trinajstić information content (AvgIpc) is 1.88. The third kappa shape index (κ3) is 3.05. The fraction of sp³-hybridized carbons (Fsp3) is 0.833. The third-order valence-corrected chi connectivity index (χ3v) is 1.60. The molecular weight excluding hydrogens is 170 g/mol. The molecule has 11 heavy (non-hydrogen) atoms. The van der Waals surface area contributed by atoms with Gasteiger partial charge in [0.1, 0.15) is 0 Å². The van der Waals surface area contributed by atoms with Gasteiger partial charge < -0.3 is 15.6 Å². The number of carboxylic acid groups (broad SMARTS) is 1. The number of hydrogen-bond donors (Lipinski definition) is 2. The summed E-state index contributed by atoms with van der Waals surface area (Å²) in [5.74, 6) is -0.907. The zero-order chi connectivity index (χ0) is 7.56. The van der Waals surface area contributed by atoms with Crippen LogP contribution in [0.15, 0.2) is 0 Å². The molecule has 0 aromatic rings. The van der Waals surface area contributed by atoms with Crippen molar-refractivity contribution in [3.63, 3.8) is 0 Å². The van der Waals surface area contributed by atoms with Crippen LogP contribution in [0.4, 0.5) is 0 Å². The predicted octanol–water partition coefficient (Wildman–Crippen LogP) is -0.000900. The van der Waals surface area contributed by atoms with Gasteiger partial charge in [-0.15, -0.1) is 12.4 Å². The highest BCUT2D eigenvalue weighted by atomic mass is 35.5. The Labute approximate surface area is 71.1 Å². The van der Waals surface area contributed by atoms with Gasteiger partial charge in [-0.05, 0) is 12.8 Å². The normalized spacial score (nSPS) is 30.6. The van der Waals surface area contributed by atoms with E-state index in [4.69, 9.17) is 15.6 Å². The Bertz CT molecular complexity index is 142. The van der Waals surface area contributed by atoms with Crippen molar-refractivity contribution in [2.24, 2.45) is 5.73 Å². The lowest BCUT2D eigenvalue weighted by Gasteiger charge is -2.23. The van der Waals surface area contributed by atoms with Crippen molar-refractivity contribution in [3.05, 3.63) is 0 Å². The quantitative estimate of drug-likeness (QED) is 0.597. The van der Waals surface area contributed by atoms with Gasteiger partial charge in [-0.1, -0.05) is 0 Å². The molecule has 1 aliphatic heterocycles. The first kappa shape index (κ1) is 10.7. The van der Waals surface area contributed by atoms with Gasteiger partial charge in [0.15, 0.2) is 6.10 Å². The van der Waals surface area contributed by atoms with E-state index in [1.54, 1.807) is 0 Å². The van der Waals surface area contributed by atoms with E-state index in [1.807, 2.05) is 0 Å². The van der Waals surface area contributed by atoms with Crippen LogP contribution in [-0.4, -0.2) is 29.8 Å². The molecule has 0 radical (unpaired) electrons. The summed E-state index contributed by atoms with van der Waals surface area (Å²) in [5.41, 5.74) is 5.52. The molecule has 0 bridgehead atoms. The van der Waals surface area contributed by atoms with Gasteiger partial charge in [-0.3, -0.25) is 0 Å². The Hall–Kier alpha value is -0.320. The summed E-state index contributed by atoms with van der Waals surface area (Å²) < 4.78 is 4.93. The van der Waals surface area contributed by atoms with E-state index in [9.17, 15) is 4.79 Å². The van der Waals surface area contributed by atoms with Crippen molar-refractivity contribution in [2.45, 2.75) is 25.0 Å². The predicted molar refractivity (Wildman–Crippen MR) is 41.8 cm³/mol. The number of aliphatic carboxylic acids is 1. The van der Waals surface area contributed by atoms with Crippen LogP contribution < -0.4 is 5.73 Å². The Morgan fingerprint density at radius 1 is 1.64 bits per heavy atom.